The molecule has 5 aromatic rings. The second-order valence-electron chi connectivity index (χ2n) is 12.9. The van der Waals surface area contributed by atoms with Crippen LogP contribution in [-0.2, 0) is 35.4 Å². The zero-order valence-electron chi connectivity index (χ0n) is 31.0. The van der Waals surface area contributed by atoms with Crippen molar-refractivity contribution in [1.82, 2.24) is 19.8 Å². The molecule has 0 saturated heterocycles. The zero-order chi connectivity index (χ0) is 38.5. The van der Waals surface area contributed by atoms with E-state index in [-0.39, 0.29) is 53.5 Å². The van der Waals surface area contributed by atoms with Crippen LogP contribution >= 0.6 is 0 Å². The number of nitrogens with zero attached hydrogens (tertiary/aromatic N) is 4. The molecule has 54 heavy (non-hydrogen) atoms. The van der Waals surface area contributed by atoms with Crippen LogP contribution in [0.2, 0.25) is 0 Å². The van der Waals surface area contributed by atoms with Gasteiger partial charge in [0.25, 0.3) is 11.7 Å². The molecule has 280 valence electrons. The number of hydrogen-bond donors (Lipinski definition) is 0. The van der Waals surface area contributed by atoms with Gasteiger partial charge in [0.2, 0.25) is 11.7 Å². The number of carbonyl (C=O) groups excluding carboxylic acids is 3. The fourth-order valence-corrected chi connectivity index (χ4v) is 6.45. The van der Waals surface area contributed by atoms with E-state index in [1.165, 1.54) is 57.5 Å². The molecule has 0 fully saturated rings. The number of carbonyl (C=O) groups is 3. The molecule has 3 aromatic carbocycles. The maximum atomic E-state index is 15.2. The summed E-state index contributed by atoms with van der Waals surface area (Å²) in [5.41, 5.74) is 3.68. The van der Waals surface area contributed by atoms with Gasteiger partial charge in [0.1, 0.15) is 11.9 Å². The first-order chi connectivity index (χ1) is 26.2. The largest absolute Gasteiger partial charge is 0.493 e. The lowest BCUT2D eigenvalue weighted by Crippen LogP contribution is -2.54. The Morgan fingerprint density at radius 3 is 1.72 bits per heavy atom. The van der Waals surface area contributed by atoms with Gasteiger partial charge in [-0.05, 0) is 96.5 Å². The van der Waals surface area contributed by atoms with Crippen molar-refractivity contribution in [3.05, 3.63) is 149 Å². The summed E-state index contributed by atoms with van der Waals surface area (Å²) in [6.07, 6.45) is 9.63. The van der Waals surface area contributed by atoms with Crippen molar-refractivity contribution in [2.45, 2.75) is 50.7 Å². The van der Waals surface area contributed by atoms with Crippen molar-refractivity contribution in [3.8, 4) is 17.2 Å². The van der Waals surface area contributed by atoms with Gasteiger partial charge in [0.15, 0.2) is 11.5 Å². The fraction of sp³-hybridized carbons (Fsp3) is 0.279. The highest BCUT2D eigenvalue weighted by molar-refractivity contribution is 6.43. The van der Waals surface area contributed by atoms with Crippen molar-refractivity contribution in [1.29, 1.82) is 0 Å². The van der Waals surface area contributed by atoms with Crippen LogP contribution in [-0.4, -0.2) is 77.8 Å². The number of amides is 2. The SMILES string of the molecule is COc1cc(C(=O)C(=O)N(C)[C@@H](Cc2ccccc2)C(=O)N(Cc2ccc(F)cc2)C(CCc2ccncc2)CCc2ccncc2)cc(OC)c1OC. The monoisotopic (exact) mass is 732 g/mol. The van der Waals surface area contributed by atoms with Crippen molar-refractivity contribution in [2.75, 3.05) is 28.4 Å². The highest BCUT2D eigenvalue weighted by Gasteiger charge is 2.37. The van der Waals surface area contributed by atoms with E-state index in [0.717, 1.165) is 22.3 Å². The van der Waals surface area contributed by atoms with Crippen LogP contribution in [0, 0.1) is 5.82 Å². The summed E-state index contributed by atoms with van der Waals surface area (Å²) in [4.78, 5) is 54.7. The van der Waals surface area contributed by atoms with E-state index in [4.69, 9.17) is 14.2 Å². The Balaban J connectivity index is 1.55. The normalized spacial score (nSPS) is 11.4. The van der Waals surface area contributed by atoms with Crippen molar-refractivity contribution >= 4 is 17.6 Å². The summed E-state index contributed by atoms with van der Waals surface area (Å²) in [6, 6.07) is 24.7. The number of aromatic nitrogens is 2. The molecule has 2 heterocycles. The van der Waals surface area contributed by atoms with Crippen molar-refractivity contribution in [2.24, 2.45) is 0 Å². The fourth-order valence-electron chi connectivity index (χ4n) is 6.45. The van der Waals surface area contributed by atoms with Crippen molar-refractivity contribution in [3.63, 3.8) is 0 Å². The summed E-state index contributed by atoms with van der Waals surface area (Å²) in [6.45, 7) is 0.157. The number of likely N-dealkylation sites (N-methyl/N-ethyl adjacent to an activating group) is 1. The van der Waals surface area contributed by atoms with Gasteiger partial charge in [0.05, 0.1) is 21.3 Å². The molecule has 0 aliphatic carbocycles. The Bertz CT molecular complexity index is 1910. The van der Waals surface area contributed by atoms with Gasteiger partial charge in [-0.25, -0.2) is 4.39 Å². The summed E-state index contributed by atoms with van der Waals surface area (Å²) >= 11 is 0. The third-order valence-electron chi connectivity index (χ3n) is 9.49. The first kappa shape index (κ1) is 39.1. The third-order valence-corrected chi connectivity index (χ3v) is 9.49. The lowest BCUT2D eigenvalue weighted by molar-refractivity contribution is -0.145. The van der Waals surface area contributed by atoms with E-state index < -0.39 is 17.7 Å². The number of methoxy groups -OCH3 is 3. The predicted octanol–water partition coefficient (Wildman–Crippen LogP) is 6.56. The van der Waals surface area contributed by atoms with Gasteiger partial charge in [-0.15, -0.1) is 0 Å². The Morgan fingerprint density at radius 1 is 0.685 bits per heavy atom. The standard InChI is InChI=1S/C43H45FN4O6/c1-47(43(51)40(49)34-27-38(52-2)41(54-4)39(28-34)53-3)37(26-32-8-6-5-7-9-32)42(50)48(29-33-10-14-35(44)15-11-33)36(16-12-30-18-22-45-23-19-30)17-13-31-20-24-46-25-21-31/h5-11,14-15,18-25,27-28,36-37H,12-13,16-17,26,29H2,1-4H3/t37-/m0/s1. The Morgan fingerprint density at radius 2 is 1.22 bits per heavy atom. The molecule has 0 aliphatic heterocycles. The number of rotatable bonds is 18. The smallest absolute Gasteiger partial charge is 0.295 e. The van der Waals surface area contributed by atoms with Gasteiger partial charge >= 0.3 is 0 Å². The predicted molar refractivity (Wildman–Crippen MR) is 203 cm³/mol. The average Bonchev–Trinajstić information content (AvgIpc) is 3.22. The molecule has 0 spiro atoms. The number of ether oxygens (including phenoxy) is 3. The molecule has 5 rings (SSSR count). The number of pyridine rings is 2. The van der Waals surface area contributed by atoms with Crippen LogP contribution in [0.1, 0.15) is 45.5 Å². The highest BCUT2D eigenvalue weighted by atomic mass is 19.1. The highest BCUT2D eigenvalue weighted by Crippen LogP contribution is 2.38. The van der Waals surface area contributed by atoms with Gasteiger partial charge in [-0.3, -0.25) is 24.4 Å². The number of aryl methyl sites for hydroxylation is 2. The van der Waals surface area contributed by atoms with Gasteiger partial charge in [0, 0.05) is 56.4 Å². The van der Waals surface area contributed by atoms with Crippen LogP contribution in [0.15, 0.2) is 116 Å². The molecule has 0 radical (unpaired) electrons. The number of ketones is 1. The summed E-state index contributed by atoms with van der Waals surface area (Å²) in [5.74, 6) is -1.76. The maximum absolute atomic E-state index is 15.2. The molecular formula is C43H45FN4O6. The summed E-state index contributed by atoms with van der Waals surface area (Å²) in [5, 5.41) is 0. The summed E-state index contributed by atoms with van der Waals surface area (Å²) < 4.78 is 30.4. The minimum absolute atomic E-state index is 0.0167. The van der Waals surface area contributed by atoms with Gasteiger partial charge in [-0.1, -0.05) is 42.5 Å². The second-order valence-corrected chi connectivity index (χ2v) is 12.9. The molecule has 2 aromatic heterocycles. The van der Waals surface area contributed by atoms with E-state index in [9.17, 15) is 14.0 Å². The Hall–Kier alpha value is -6.10. The molecule has 0 unspecified atom stereocenters. The molecule has 2 amide bonds. The maximum Gasteiger partial charge on any atom is 0.295 e. The average molecular weight is 733 g/mol. The number of hydrogen-bond acceptors (Lipinski definition) is 8. The second kappa shape index (κ2) is 19.1. The van der Waals surface area contributed by atoms with Gasteiger partial charge in [-0.2, -0.15) is 0 Å². The first-order valence-electron chi connectivity index (χ1n) is 17.7. The van der Waals surface area contributed by atoms with Crippen LogP contribution in [0.5, 0.6) is 17.2 Å². The topological polar surface area (TPSA) is 111 Å². The van der Waals surface area contributed by atoms with E-state index >= 15 is 4.79 Å². The summed E-state index contributed by atoms with van der Waals surface area (Å²) in [7, 11) is 5.76. The molecule has 10 nitrogen and oxygen atoms in total. The van der Waals surface area contributed by atoms with Gasteiger partial charge < -0.3 is 24.0 Å². The van der Waals surface area contributed by atoms with E-state index in [2.05, 4.69) is 9.97 Å². The molecule has 0 bridgehead atoms. The van der Waals surface area contributed by atoms with Crippen molar-refractivity contribution < 1.29 is 33.0 Å². The lowest BCUT2D eigenvalue weighted by atomic mass is 9.95. The third kappa shape index (κ3) is 10.1. The van der Waals surface area contributed by atoms with Crippen LogP contribution in [0.25, 0.3) is 0 Å². The minimum atomic E-state index is -1.07. The van der Waals surface area contributed by atoms with Crippen LogP contribution in [0.4, 0.5) is 4.39 Å². The number of benzene rings is 3. The number of Topliss-reactive ketones (excluding diaryl/α,β-unsaturated/α-hetero) is 1. The minimum Gasteiger partial charge on any atom is -0.493 e. The molecule has 0 N–H and O–H groups in total. The Kier molecular flexibility index (Phi) is 13.8. The molecule has 1 atom stereocenters. The zero-order valence-corrected chi connectivity index (χ0v) is 31.0. The number of halogens is 1. The molecule has 0 aliphatic rings. The van der Waals surface area contributed by atoms with E-state index in [1.807, 2.05) is 54.6 Å². The first-order valence-corrected chi connectivity index (χ1v) is 17.7. The molecular weight excluding hydrogens is 687 g/mol. The Labute approximate surface area is 315 Å². The van der Waals surface area contributed by atoms with Crippen LogP contribution < -0.4 is 14.2 Å². The molecule has 11 heteroatoms. The van der Waals surface area contributed by atoms with Crippen LogP contribution in [0.3, 0.4) is 0 Å². The van der Waals surface area contributed by atoms with E-state index in [1.54, 1.807) is 41.8 Å². The molecule has 0 saturated carbocycles. The van der Waals surface area contributed by atoms with E-state index in [0.29, 0.717) is 25.7 Å². The quantitative estimate of drug-likeness (QED) is 0.0737. The lowest BCUT2D eigenvalue weighted by Gasteiger charge is -2.38.